The van der Waals surface area contributed by atoms with Crippen LogP contribution in [0.25, 0.3) is 0 Å². The molecule has 6 nitrogen and oxygen atoms in total. The van der Waals surface area contributed by atoms with Crippen LogP contribution in [0.4, 0.5) is 0 Å². The number of amides is 1. The van der Waals surface area contributed by atoms with Gasteiger partial charge in [-0.25, -0.2) is 8.42 Å². The van der Waals surface area contributed by atoms with Crippen LogP contribution in [0.1, 0.15) is 51.9 Å². The molecule has 1 saturated heterocycles. The largest absolute Gasteiger partial charge is 0.394 e. The van der Waals surface area contributed by atoms with Crippen LogP contribution < -0.4 is 5.32 Å². The summed E-state index contributed by atoms with van der Waals surface area (Å²) in [7, 11) is -3.35. The number of aliphatic hydroxyl groups is 1. The van der Waals surface area contributed by atoms with Crippen molar-refractivity contribution in [1.29, 1.82) is 0 Å². The second-order valence-electron chi connectivity index (χ2n) is 6.22. The van der Waals surface area contributed by atoms with E-state index in [1.54, 1.807) is 0 Å². The summed E-state index contributed by atoms with van der Waals surface area (Å²) in [6.45, 7) is 2.17. The lowest BCUT2D eigenvalue weighted by molar-refractivity contribution is -0.126. The zero-order valence-electron chi connectivity index (χ0n) is 12.7. The fourth-order valence-electron chi connectivity index (χ4n) is 3.43. The average molecular weight is 318 g/mol. The van der Waals surface area contributed by atoms with E-state index in [0.717, 1.165) is 25.7 Å². The van der Waals surface area contributed by atoms with Crippen molar-refractivity contribution in [3.8, 4) is 0 Å². The van der Waals surface area contributed by atoms with Gasteiger partial charge < -0.3 is 10.4 Å². The Morgan fingerprint density at radius 2 is 2.00 bits per heavy atom. The van der Waals surface area contributed by atoms with Gasteiger partial charge in [0.15, 0.2) is 0 Å². The van der Waals surface area contributed by atoms with E-state index in [9.17, 15) is 18.3 Å². The molecule has 2 aliphatic rings. The molecule has 0 aromatic heterocycles. The number of hydrogen-bond acceptors (Lipinski definition) is 4. The zero-order valence-corrected chi connectivity index (χ0v) is 13.5. The van der Waals surface area contributed by atoms with E-state index in [-0.39, 0.29) is 18.3 Å². The van der Waals surface area contributed by atoms with Crippen LogP contribution in [-0.2, 0) is 14.8 Å². The minimum atomic E-state index is -3.35. The molecule has 0 radical (unpaired) electrons. The van der Waals surface area contributed by atoms with Crippen LogP contribution in [0.3, 0.4) is 0 Å². The highest BCUT2D eigenvalue weighted by atomic mass is 32.2. The van der Waals surface area contributed by atoms with E-state index < -0.39 is 21.6 Å². The molecule has 1 amide bonds. The van der Waals surface area contributed by atoms with Gasteiger partial charge in [0.05, 0.1) is 17.9 Å². The number of hydrogen-bond donors (Lipinski definition) is 2. The Balaban J connectivity index is 2.07. The van der Waals surface area contributed by atoms with Crippen molar-refractivity contribution in [2.75, 3.05) is 18.9 Å². The maximum absolute atomic E-state index is 12.5. The van der Waals surface area contributed by atoms with Gasteiger partial charge in [0, 0.05) is 6.54 Å². The van der Waals surface area contributed by atoms with Gasteiger partial charge in [0.25, 0.3) is 0 Å². The molecule has 0 spiro atoms. The fourth-order valence-corrected chi connectivity index (χ4v) is 5.18. The second kappa shape index (κ2) is 6.62. The quantitative estimate of drug-likeness (QED) is 0.751. The van der Waals surface area contributed by atoms with Crippen molar-refractivity contribution < 1.29 is 18.3 Å². The number of carbonyl (C=O) groups is 1. The van der Waals surface area contributed by atoms with Gasteiger partial charge in [-0.05, 0) is 32.1 Å². The maximum Gasteiger partial charge on any atom is 0.238 e. The van der Waals surface area contributed by atoms with E-state index in [1.165, 1.54) is 4.31 Å². The van der Waals surface area contributed by atoms with E-state index in [1.807, 2.05) is 6.92 Å². The highest BCUT2D eigenvalue weighted by molar-refractivity contribution is 7.89. The first-order valence-corrected chi connectivity index (χ1v) is 9.47. The molecule has 2 fully saturated rings. The minimum absolute atomic E-state index is 0.0762. The Hall–Kier alpha value is -0.660. The lowest BCUT2D eigenvalue weighted by Crippen LogP contribution is -2.55. The first-order chi connectivity index (χ1) is 9.94. The summed E-state index contributed by atoms with van der Waals surface area (Å²) >= 11 is 0. The summed E-state index contributed by atoms with van der Waals surface area (Å²) in [5, 5.41) is 12.5. The third kappa shape index (κ3) is 3.57. The van der Waals surface area contributed by atoms with E-state index in [4.69, 9.17) is 0 Å². The fraction of sp³-hybridized carbons (Fsp3) is 0.929. The smallest absolute Gasteiger partial charge is 0.238 e. The number of nitrogens with one attached hydrogen (secondary N) is 1. The van der Waals surface area contributed by atoms with Gasteiger partial charge in [0.2, 0.25) is 15.9 Å². The van der Waals surface area contributed by atoms with Gasteiger partial charge >= 0.3 is 0 Å². The normalized spacial score (nSPS) is 26.1. The first kappa shape index (κ1) is 16.7. The number of sulfonamides is 1. The highest BCUT2D eigenvalue weighted by Gasteiger charge is 2.42. The van der Waals surface area contributed by atoms with Crippen molar-refractivity contribution in [1.82, 2.24) is 9.62 Å². The topological polar surface area (TPSA) is 86.7 Å². The Morgan fingerprint density at radius 3 is 2.57 bits per heavy atom. The molecular weight excluding hydrogens is 292 g/mol. The molecule has 1 aliphatic carbocycles. The number of nitrogens with zero attached hydrogens (tertiary/aromatic N) is 1. The standard InChI is InChI=1S/C14H26N2O4S/c1-2-10-21(19,20)16-9-5-6-12(16)13(18)15-14(11-17)7-3-4-8-14/h12,17H,2-11H2,1H3,(H,15,18). The summed E-state index contributed by atoms with van der Waals surface area (Å²) in [6.07, 6.45) is 5.34. The number of carbonyl (C=O) groups excluding carboxylic acids is 1. The highest BCUT2D eigenvalue weighted by Crippen LogP contribution is 2.30. The predicted octanol–water partition coefficient (Wildman–Crippen LogP) is 0.612. The molecule has 7 heteroatoms. The van der Waals surface area contributed by atoms with Gasteiger partial charge in [0.1, 0.15) is 6.04 Å². The molecule has 122 valence electrons. The Kier molecular flexibility index (Phi) is 5.27. The molecule has 1 atom stereocenters. The van der Waals surface area contributed by atoms with Crippen LogP contribution in [0.5, 0.6) is 0 Å². The molecule has 1 unspecified atom stereocenters. The Labute approximate surface area is 126 Å². The number of rotatable bonds is 6. The first-order valence-electron chi connectivity index (χ1n) is 7.86. The van der Waals surface area contributed by atoms with Crippen molar-refractivity contribution >= 4 is 15.9 Å². The van der Waals surface area contributed by atoms with Crippen LogP contribution >= 0.6 is 0 Å². The summed E-state index contributed by atoms with van der Waals surface area (Å²) in [5.41, 5.74) is -0.542. The molecule has 21 heavy (non-hydrogen) atoms. The molecule has 2 rings (SSSR count). The zero-order chi connectivity index (χ0) is 15.5. The van der Waals surface area contributed by atoms with Gasteiger partial charge in [-0.2, -0.15) is 4.31 Å². The van der Waals surface area contributed by atoms with E-state index >= 15 is 0 Å². The second-order valence-corrected chi connectivity index (χ2v) is 8.26. The Bertz CT molecular complexity index is 471. The monoisotopic (exact) mass is 318 g/mol. The molecule has 0 aromatic rings. The summed E-state index contributed by atoms with van der Waals surface area (Å²) in [5.74, 6) is -0.162. The SMILES string of the molecule is CCCS(=O)(=O)N1CCCC1C(=O)NC1(CO)CCCC1. The molecule has 0 aromatic carbocycles. The molecule has 2 N–H and O–H groups in total. The molecule has 0 bridgehead atoms. The lowest BCUT2D eigenvalue weighted by Gasteiger charge is -2.31. The summed E-state index contributed by atoms with van der Waals surface area (Å²) in [4.78, 5) is 12.5. The third-order valence-corrected chi connectivity index (χ3v) is 6.65. The molecular formula is C14H26N2O4S. The number of aliphatic hydroxyl groups excluding tert-OH is 1. The maximum atomic E-state index is 12.5. The summed E-state index contributed by atoms with van der Waals surface area (Å²) in [6, 6.07) is -0.606. The van der Waals surface area contributed by atoms with Crippen LogP contribution in [-0.4, -0.2) is 54.2 Å². The van der Waals surface area contributed by atoms with Crippen molar-refractivity contribution in [3.05, 3.63) is 0 Å². The average Bonchev–Trinajstić information content (AvgIpc) is 3.08. The molecule has 1 aliphatic heterocycles. The minimum Gasteiger partial charge on any atom is -0.394 e. The van der Waals surface area contributed by atoms with Crippen molar-refractivity contribution in [3.63, 3.8) is 0 Å². The molecule has 1 saturated carbocycles. The Morgan fingerprint density at radius 1 is 1.33 bits per heavy atom. The van der Waals surface area contributed by atoms with Gasteiger partial charge in [-0.1, -0.05) is 19.8 Å². The van der Waals surface area contributed by atoms with E-state index in [2.05, 4.69) is 5.32 Å². The van der Waals surface area contributed by atoms with Crippen LogP contribution in [0.15, 0.2) is 0 Å². The van der Waals surface area contributed by atoms with Crippen molar-refractivity contribution in [2.45, 2.75) is 63.5 Å². The van der Waals surface area contributed by atoms with Gasteiger partial charge in [-0.3, -0.25) is 4.79 Å². The van der Waals surface area contributed by atoms with Crippen LogP contribution in [0.2, 0.25) is 0 Å². The third-order valence-electron chi connectivity index (χ3n) is 4.58. The molecule has 1 heterocycles. The van der Waals surface area contributed by atoms with Crippen LogP contribution in [0, 0.1) is 0 Å². The van der Waals surface area contributed by atoms with Crippen molar-refractivity contribution in [2.24, 2.45) is 0 Å². The summed E-state index contributed by atoms with van der Waals surface area (Å²) < 4.78 is 25.8. The van der Waals surface area contributed by atoms with E-state index in [0.29, 0.717) is 25.8 Å². The predicted molar refractivity (Wildman–Crippen MR) is 80.2 cm³/mol. The lowest BCUT2D eigenvalue weighted by atomic mass is 9.98. The van der Waals surface area contributed by atoms with Gasteiger partial charge in [-0.15, -0.1) is 0 Å².